The van der Waals surface area contributed by atoms with E-state index < -0.39 is 0 Å². The normalized spacial score (nSPS) is 11.8. The van der Waals surface area contributed by atoms with Crippen molar-refractivity contribution < 1.29 is 4.74 Å². The Kier molecular flexibility index (Phi) is 6.08. The molecule has 0 fully saturated rings. The lowest BCUT2D eigenvalue weighted by Gasteiger charge is -2.34. The van der Waals surface area contributed by atoms with E-state index in [0.29, 0.717) is 5.92 Å². The van der Waals surface area contributed by atoms with Gasteiger partial charge in [-0.15, -0.1) is 0 Å². The molecule has 0 saturated heterocycles. The molecule has 0 amide bonds. The van der Waals surface area contributed by atoms with Crippen molar-refractivity contribution >= 4 is 0 Å². The number of aromatic nitrogens is 1. The summed E-state index contributed by atoms with van der Waals surface area (Å²) in [7, 11) is 1.75. The molecular formula is C28H35NO. The lowest BCUT2D eigenvalue weighted by atomic mass is 9.71. The van der Waals surface area contributed by atoms with Crippen LogP contribution in [0.15, 0.2) is 42.6 Å². The van der Waals surface area contributed by atoms with E-state index in [1.165, 1.54) is 44.5 Å². The summed E-state index contributed by atoms with van der Waals surface area (Å²) in [6.07, 6.45) is 1.92. The van der Waals surface area contributed by atoms with Crippen molar-refractivity contribution in [3.05, 3.63) is 70.4 Å². The van der Waals surface area contributed by atoms with Crippen molar-refractivity contribution in [1.29, 1.82) is 0 Å². The summed E-state index contributed by atoms with van der Waals surface area (Å²) in [6.45, 7) is 17.9. The van der Waals surface area contributed by atoms with E-state index in [4.69, 9.17) is 9.72 Å². The predicted octanol–water partition coefficient (Wildman–Crippen LogP) is 7.59. The van der Waals surface area contributed by atoms with Gasteiger partial charge >= 0.3 is 0 Å². The summed E-state index contributed by atoms with van der Waals surface area (Å²) in [5.74, 6) is 1.35. The molecule has 2 nitrogen and oxygen atoms in total. The highest BCUT2D eigenvalue weighted by Gasteiger charge is 2.31. The highest BCUT2D eigenvalue weighted by atomic mass is 16.5. The maximum Gasteiger partial charge on any atom is 0.119 e. The highest BCUT2D eigenvalue weighted by Crippen LogP contribution is 2.46. The molecule has 0 spiro atoms. The molecule has 0 aliphatic heterocycles. The first-order valence-electron chi connectivity index (χ1n) is 10.8. The van der Waals surface area contributed by atoms with E-state index in [2.05, 4.69) is 91.8 Å². The molecule has 2 aromatic carbocycles. The fourth-order valence-corrected chi connectivity index (χ4v) is 4.30. The van der Waals surface area contributed by atoms with Crippen LogP contribution in [-0.2, 0) is 5.41 Å². The zero-order chi connectivity index (χ0) is 22.2. The van der Waals surface area contributed by atoms with Gasteiger partial charge in [-0.1, -0.05) is 45.4 Å². The number of ether oxygens (including phenoxy) is 1. The predicted molar refractivity (Wildman–Crippen MR) is 128 cm³/mol. The van der Waals surface area contributed by atoms with Crippen LogP contribution in [0.2, 0.25) is 0 Å². The Morgan fingerprint density at radius 3 is 2.00 bits per heavy atom. The third kappa shape index (κ3) is 4.01. The number of aryl methyl sites for hydroxylation is 4. The van der Waals surface area contributed by atoms with Gasteiger partial charge in [0.05, 0.1) is 12.8 Å². The summed E-state index contributed by atoms with van der Waals surface area (Å²) in [4.78, 5) is 4.82. The molecule has 2 heteroatoms. The Labute approximate surface area is 182 Å². The Balaban J connectivity index is 2.51. The smallest absolute Gasteiger partial charge is 0.119 e. The van der Waals surface area contributed by atoms with Gasteiger partial charge in [0.1, 0.15) is 5.75 Å². The summed E-state index contributed by atoms with van der Waals surface area (Å²) < 4.78 is 5.79. The quantitative estimate of drug-likeness (QED) is 0.439. The van der Waals surface area contributed by atoms with Crippen LogP contribution in [0.5, 0.6) is 5.75 Å². The maximum atomic E-state index is 5.79. The average Bonchev–Trinajstić information content (AvgIpc) is 2.66. The molecule has 0 radical (unpaired) electrons. The van der Waals surface area contributed by atoms with Crippen molar-refractivity contribution in [3.8, 4) is 28.1 Å². The molecule has 0 bridgehead atoms. The van der Waals surface area contributed by atoms with Crippen LogP contribution >= 0.6 is 0 Å². The van der Waals surface area contributed by atoms with Crippen LogP contribution in [0, 0.1) is 33.6 Å². The molecule has 158 valence electrons. The molecule has 0 atom stereocenters. The third-order valence-corrected chi connectivity index (χ3v) is 6.60. The van der Waals surface area contributed by atoms with Gasteiger partial charge in [0.15, 0.2) is 0 Å². The van der Waals surface area contributed by atoms with E-state index in [-0.39, 0.29) is 5.41 Å². The molecule has 0 N–H and O–H groups in total. The van der Waals surface area contributed by atoms with Gasteiger partial charge in [-0.3, -0.25) is 4.98 Å². The molecule has 0 saturated carbocycles. The number of rotatable bonds is 5. The van der Waals surface area contributed by atoms with E-state index in [0.717, 1.165) is 11.4 Å². The minimum atomic E-state index is -0.0451. The first kappa shape index (κ1) is 22.1. The third-order valence-electron chi connectivity index (χ3n) is 6.60. The van der Waals surface area contributed by atoms with Gasteiger partial charge in [-0.05, 0) is 96.7 Å². The number of hydrogen-bond donors (Lipinski definition) is 0. The summed E-state index contributed by atoms with van der Waals surface area (Å²) in [6, 6.07) is 13.2. The molecule has 30 heavy (non-hydrogen) atoms. The van der Waals surface area contributed by atoms with Gasteiger partial charge < -0.3 is 4.74 Å². The minimum Gasteiger partial charge on any atom is -0.497 e. The second-order valence-electron chi connectivity index (χ2n) is 9.47. The largest absolute Gasteiger partial charge is 0.497 e. The first-order valence-corrected chi connectivity index (χ1v) is 10.8. The second kappa shape index (κ2) is 8.26. The molecular weight excluding hydrogens is 366 g/mol. The topological polar surface area (TPSA) is 22.1 Å². The van der Waals surface area contributed by atoms with E-state index in [1.54, 1.807) is 7.11 Å². The Morgan fingerprint density at radius 1 is 0.833 bits per heavy atom. The summed E-state index contributed by atoms with van der Waals surface area (Å²) >= 11 is 0. The molecule has 1 heterocycles. The van der Waals surface area contributed by atoms with Gasteiger partial charge in [0, 0.05) is 11.8 Å². The van der Waals surface area contributed by atoms with E-state index in [1.807, 2.05) is 6.20 Å². The highest BCUT2D eigenvalue weighted by molar-refractivity contribution is 5.89. The van der Waals surface area contributed by atoms with Gasteiger partial charge in [-0.2, -0.15) is 0 Å². The first-order chi connectivity index (χ1) is 14.1. The summed E-state index contributed by atoms with van der Waals surface area (Å²) in [5.41, 5.74) is 11.0. The Hall–Kier alpha value is -2.61. The molecule has 1 aromatic heterocycles. The number of hydrogen-bond acceptors (Lipinski definition) is 2. The van der Waals surface area contributed by atoms with Crippen LogP contribution < -0.4 is 4.74 Å². The SMILES string of the molecule is COc1cc(-c2c(C)cc(C)cc2C)c(-c2cc(C)ccn2)c(C(C)(C)C(C)C)c1. The van der Waals surface area contributed by atoms with Crippen molar-refractivity contribution in [2.75, 3.05) is 7.11 Å². The van der Waals surface area contributed by atoms with Crippen LogP contribution in [0.25, 0.3) is 22.4 Å². The monoisotopic (exact) mass is 401 g/mol. The Bertz CT molecular complexity index is 1050. The molecule has 0 aliphatic rings. The standard InChI is InChI=1S/C28H35NO/c1-17(2)28(7,8)24-16-22(30-9)15-23(26-20(5)12-19(4)13-21(26)6)27(24)25-14-18(3)10-11-29-25/h10-17H,1-9H3. The van der Waals surface area contributed by atoms with Crippen LogP contribution in [-0.4, -0.2) is 12.1 Å². The molecule has 3 rings (SSSR count). The Morgan fingerprint density at radius 2 is 1.47 bits per heavy atom. The minimum absolute atomic E-state index is 0.0451. The zero-order valence-corrected chi connectivity index (χ0v) is 20.0. The molecule has 0 aliphatic carbocycles. The number of benzene rings is 2. The number of methoxy groups -OCH3 is 1. The van der Waals surface area contributed by atoms with Crippen molar-refractivity contribution in [1.82, 2.24) is 4.98 Å². The summed E-state index contributed by atoms with van der Waals surface area (Å²) in [5, 5.41) is 0. The van der Waals surface area contributed by atoms with Gasteiger partial charge in [0.2, 0.25) is 0 Å². The van der Waals surface area contributed by atoms with Crippen molar-refractivity contribution in [3.63, 3.8) is 0 Å². The maximum absolute atomic E-state index is 5.79. The fourth-order valence-electron chi connectivity index (χ4n) is 4.30. The zero-order valence-electron chi connectivity index (χ0n) is 20.0. The van der Waals surface area contributed by atoms with Crippen LogP contribution in [0.1, 0.15) is 55.5 Å². The van der Waals surface area contributed by atoms with Crippen LogP contribution in [0.4, 0.5) is 0 Å². The van der Waals surface area contributed by atoms with Crippen molar-refractivity contribution in [2.45, 2.75) is 60.8 Å². The number of pyridine rings is 1. The fraction of sp³-hybridized carbons (Fsp3) is 0.393. The lowest BCUT2D eigenvalue weighted by molar-refractivity contribution is 0.368. The van der Waals surface area contributed by atoms with E-state index in [9.17, 15) is 0 Å². The van der Waals surface area contributed by atoms with Crippen molar-refractivity contribution in [2.24, 2.45) is 5.92 Å². The second-order valence-corrected chi connectivity index (χ2v) is 9.47. The lowest BCUT2D eigenvalue weighted by Crippen LogP contribution is -2.25. The van der Waals surface area contributed by atoms with E-state index >= 15 is 0 Å². The van der Waals surface area contributed by atoms with Gasteiger partial charge in [-0.25, -0.2) is 0 Å². The van der Waals surface area contributed by atoms with Gasteiger partial charge in [0.25, 0.3) is 0 Å². The van der Waals surface area contributed by atoms with Crippen LogP contribution in [0.3, 0.4) is 0 Å². The average molecular weight is 402 g/mol. The number of nitrogens with zero attached hydrogens (tertiary/aromatic N) is 1. The molecule has 0 unspecified atom stereocenters. The molecule has 3 aromatic rings.